The first-order valence-electron chi connectivity index (χ1n) is 4.14. The zero-order chi connectivity index (χ0) is 9.52. The number of hydrogen-bond donors (Lipinski definition) is 0. The Morgan fingerprint density at radius 1 is 1.38 bits per heavy atom. The van der Waals surface area contributed by atoms with Gasteiger partial charge in [-0.05, 0) is 46.7 Å². The van der Waals surface area contributed by atoms with Crippen molar-refractivity contribution in [3.05, 3.63) is 22.8 Å². The van der Waals surface area contributed by atoms with Crippen LogP contribution in [-0.2, 0) is 0 Å². The number of unbranched alkanes of at least 4 members (excludes halogenated alkanes) is 1. The molecular weight excluding hydrogens is 314 g/mol. The van der Waals surface area contributed by atoms with Crippen LogP contribution in [0.2, 0.25) is 0 Å². The lowest BCUT2D eigenvalue weighted by Crippen LogP contribution is -1.85. The highest BCUT2D eigenvalue weighted by atomic mass is 79.9. The van der Waals surface area contributed by atoms with E-state index in [1.165, 1.54) is 12.8 Å². The molecule has 0 fully saturated rings. The van der Waals surface area contributed by atoms with Crippen LogP contribution in [0.4, 0.5) is 0 Å². The highest BCUT2D eigenvalue weighted by molar-refractivity contribution is 9.10. The molecule has 0 saturated heterocycles. The number of pyridine rings is 1. The molecule has 1 nitrogen and oxygen atoms in total. The van der Waals surface area contributed by atoms with Crippen molar-refractivity contribution in [2.45, 2.75) is 17.9 Å². The van der Waals surface area contributed by atoms with Crippen molar-refractivity contribution in [1.82, 2.24) is 4.98 Å². The average Bonchev–Trinajstić information content (AvgIpc) is 2.15. The first-order valence-corrected chi connectivity index (χ1v) is 7.04. The van der Waals surface area contributed by atoms with E-state index in [2.05, 4.69) is 36.8 Å². The Labute approximate surface area is 100.0 Å². The second-order valence-corrected chi connectivity index (χ2v) is 5.27. The highest BCUT2D eigenvalue weighted by Crippen LogP contribution is 2.25. The molecule has 0 bridgehead atoms. The van der Waals surface area contributed by atoms with E-state index in [0.29, 0.717) is 0 Å². The summed E-state index contributed by atoms with van der Waals surface area (Å²) in [6.45, 7) is 0. The van der Waals surface area contributed by atoms with Crippen molar-refractivity contribution in [2.24, 2.45) is 0 Å². The van der Waals surface area contributed by atoms with Crippen molar-refractivity contribution in [3.63, 3.8) is 0 Å². The van der Waals surface area contributed by atoms with Gasteiger partial charge in [0.05, 0.1) is 0 Å². The monoisotopic (exact) mass is 323 g/mol. The van der Waals surface area contributed by atoms with Crippen molar-refractivity contribution in [3.8, 4) is 0 Å². The molecule has 0 atom stereocenters. The predicted octanol–water partition coefficient (Wildman–Crippen LogP) is 4.11. The van der Waals surface area contributed by atoms with E-state index >= 15 is 0 Å². The molecule has 1 heterocycles. The van der Waals surface area contributed by atoms with Crippen LogP contribution in [0.3, 0.4) is 0 Å². The fourth-order valence-corrected chi connectivity index (χ4v) is 2.72. The topological polar surface area (TPSA) is 12.9 Å². The van der Waals surface area contributed by atoms with E-state index in [1.807, 2.05) is 30.1 Å². The maximum Gasteiger partial charge on any atom is 0.110 e. The van der Waals surface area contributed by atoms with Gasteiger partial charge in [0.1, 0.15) is 5.03 Å². The van der Waals surface area contributed by atoms with Crippen LogP contribution in [0, 0.1) is 0 Å². The summed E-state index contributed by atoms with van der Waals surface area (Å²) in [7, 11) is 0. The van der Waals surface area contributed by atoms with Gasteiger partial charge in [-0.15, -0.1) is 11.8 Å². The van der Waals surface area contributed by atoms with E-state index in [1.54, 1.807) is 0 Å². The number of alkyl halides is 1. The Balaban J connectivity index is 2.32. The lowest BCUT2D eigenvalue weighted by Gasteiger charge is -2.01. The van der Waals surface area contributed by atoms with Crippen LogP contribution >= 0.6 is 43.6 Å². The number of aromatic nitrogens is 1. The lowest BCUT2D eigenvalue weighted by atomic mass is 10.4. The van der Waals surface area contributed by atoms with Crippen LogP contribution in [-0.4, -0.2) is 16.1 Å². The fourth-order valence-electron chi connectivity index (χ4n) is 0.843. The predicted molar refractivity (Wildman–Crippen MR) is 65.7 cm³/mol. The average molecular weight is 325 g/mol. The SMILES string of the molecule is BrCCCCSc1ncccc1Br. The van der Waals surface area contributed by atoms with Crippen molar-refractivity contribution < 1.29 is 0 Å². The lowest BCUT2D eigenvalue weighted by molar-refractivity contribution is 0.910. The highest BCUT2D eigenvalue weighted by Gasteiger charge is 1.99. The zero-order valence-electron chi connectivity index (χ0n) is 7.17. The maximum absolute atomic E-state index is 4.28. The number of nitrogens with zero attached hydrogens (tertiary/aromatic N) is 1. The molecule has 0 N–H and O–H groups in total. The molecule has 0 spiro atoms. The van der Waals surface area contributed by atoms with Gasteiger partial charge in [-0.2, -0.15) is 0 Å². The molecular formula is C9H11Br2NS. The zero-order valence-corrected chi connectivity index (χ0v) is 11.2. The molecule has 4 heteroatoms. The second-order valence-electron chi connectivity index (χ2n) is 2.53. The minimum atomic E-state index is 1.09. The van der Waals surface area contributed by atoms with E-state index in [9.17, 15) is 0 Å². The minimum absolute atomic E-state index is 1.09. The van der Waals surface area contributed by atoms with Crippen molar-refractivity contribution >= 4 is 43.6 Å². The Morgan fingerprint density at radius 2 is 2.23 bits per heavy atom. The summed E-state index contributed by atoms with van der Waals surface area (Å²) in [5.41, 5.74) is 0. The summed E-state index contributed by atoms with van der Waals surface area (Å²) >= 11 is 8.70. The van der Waals surface area contributed by atoms with Crippen LogP contribution in [0.5, 0.6) is 0 Å². The fraction of sp³-hybridized carbons (Fsp3) is 0.444. The molecule has 0 saturated carbocycles. The molecule has 0 aliphatic heterocycles. The molecule has 13 heavy (non-hydrogen) atoms. The molecule has 0 unspecified atom stereocenters. The van der Waals surface area contributed by atoms with Gasteiger partial charge >= 0.3 is 0 Å². The van der Waals surface area contributed by atoms with Crippen molar-refractivity contribution in [2.75, 3.05) is 11.1 Å². The van der Waals surface area contributed by atoms with E-state index in [-0.39, 0.29) is 0 Å². The first-order chi connectivity index (χ1) is 6.34. The largest absolute Gasteiger partial charge is 0.249 e. The van der Waals surface area contributed by atoms with Gasteiger partial charge < -0.3 is 0 Å². The molecule has 0 amide bonds. The third-order valence-corrected chi connectivity index (χ3v) is 4.05. The van der Waals surface area contributed by atoms with Crippen LogP contribution < -0.4 is 0 Å². The quantitative estimate of drug-likeness (QED) is 0.459. The standard InChI is InChI=1S/C9H11Br2NS/c10-5-1-2-7-13-9-8(11)4-3-6-12-9/h3-4,6H,1-2,5,7H2. The van der Waals surface area contributed by atoms with Crippen molar-refractivity contribution in [1.29, 1.82) is 0 Å². The number of hydrogen-bond acceptors (Lipinski definition) is 2. The molecule has 1 aromatic heterocycles. The van der Waals surface area contributed by atoms with Crippen LogP contribution in [0.1, 0.15) is 12.8 Å². The van der Waals surface area contributed by atoms with Gasteiger partial charge in [-0.25, -0.2) is 4.98 Å². The molecule has 1 aromatic rings. The number of rotatable bonds is 5. The van der Waals surface area contributed by atoms with E-state index < -0.39 is 0 Å². The van der Waals surface area contributed by atoms with Gasteiger partial charge in [0.2, 0.25) is 0 Å². The van der Waals surface area contributed by atoms with Gasteiger partial charge in [-0.1, -0.05) is 15.9 Å². The minimum Gasteiger partial charge on any atom is -0.249 e. The Morgan fingerprint density at radius 3 is 2.92 bits per heavy atom. The van der Waals surface area contributed by atoms with E-state index in [4.69, 9.17) is 0 Å². The van der Waals surface area contributed by atoms with Gasteiger partial charge in [-0.3, -0.25) is 0 Å². The van der Waals surface area contributed by atoms with Crippen LogP contribution in [0.15, 0.2) is 27.8 Å². The van der Waals surface area contributed by atoms with Gasteiger partial charge in [0.15, 0.2) is 0 Å². The Hall–Kier alpha value is 0.460. The summed E-state index contributed by atoms with van der Waals surface area (Å²) in [6, 6.07) is 3.96. The summed E-state index contributed by atoms with van der Waals surface area (Å²) in [5, 5.41) is 2.19. The first kappa shape index (κ1) is 11.5. The third-order valence-electron chi connectivity index (χ3n) is 1.49. The molecule has 0 radical (unpaired) electrons. The summed E-state index contributed by atoms with van der Waals surface area (Å²) in [4.78, 5) is 4.28. The number of thioether (sulfide) groups is 1. The number of halogens is 2. The Bertz CT molecular complexity index is 255. The molecule has 0 aromatic carbocycles. The Kier molecular flexibility index (Phi) is 6.07. The normalized spacial score (nSPS) is 10.3. The molecule has 0 aliphatic carbocycles. The van der Waals surface area contributed by atoms with E-state index in [0.717, 1.165) is 20.6 Å². The molecule has 1 rings (SSSR count). The summed E-state index contributed by atoms with van der Waals surface area (Å²) in [5.74, 6) is 1.14. The molecule has 72 valence electrons. The summed E-state index contributed by atoms with van der Waals surface area (Å²) < 4.78 is 1.10. The smallest absolute Gasteiger partial charge is 0.110 e. The van der Waals surface area contributed by atoms with Gasteiger partial charge in [0.25, 0.3) is 0 Å². The van der Waals surface area contributed by atoms with Crippen LogP contribution in [0.25, 0.3) is 0 Å². The third kappa shape index (κ3) is 4.47. The van der Waals surface area contributed by atoms with Gasteiger partial charge in [0, 0.05) is 16.0 Å². The molecule has 0 aliphatic rings. The maximum atomic E-state index is 4.28. The second kappa shape index (κ2) is 6.85. The summed E-state index contributed by atoms with van der Waals surface area (Å²) in [6.07, 6.45) is 4.30.